The summed E-state index contributed by atoms with van der Waals surface area (Å²) in [6, 6.07) is 12.5. The van der Waals surface area contributed by atoms with E-state index in [-0.39, 0.29) is 0 Å². The Morgan fingerprint density at radius 2 is 1.82 bits per heavy atom. The van der Waals surface area contributed by atoms with Crippen molar-refractivity contribution in [3.63, 3.8) is 0 Å². The van der Waals surface area contributed by atoms with Crippen LogP contribution in [0.3, 0.4) is 0 Å². The van der Waals surface area contributed by atoms with Gasteiger partial charge >= 0.3 is 0 Å². The Kier molecular flexibility index (Phi) is 4.53. The Bertz CT molecular complexity index is 609. The van der Waals surface area contributed by atoms with Crippen molar-refractivity contribution in [2.75, 3.05) is 36.5 Å². The number of ether oxygens (including phenoxy) is 1. The molecule has 0 atom stereocenters. The molecule has 0 aliphatic carbocycles. The summed E-state index contributed by atoms with van der Waals surface area (Å²) in [5.74, 6) is 2.58. The largest absolute Gasteiger partial charge is 0.378 e. The summed E-state index contributed by atoms with van der Waals surface area (Å²) in [4.78, 5) is 11.7. The number of nitrogens with zero attached hydrogens (tertiary/aromatic N) is 3. The lowest BCUT2D eigenvalue weighted by Crippen LogP contribution is -2.37. The Morgan fingerprint density at radius 1 is 1.09 bits per heavy atom. The molecule has 0 spiro atoms. The number of benzene rings is 1. The van der Waals surface area contributed by atoms with E-state index in [2.05, 4.69) is 29.0 Å². The van der Waals surface area contributed by atoms with Crippen LogP contribution in [0.4, 0.5) is 11.6 Å². The highest BCUT2D eigenvalue weighted by Crippen LogP contribution is 2.23. The topological polar surface area (TPSA) is 50.3 Å². The lowest BCUT2D eigenvalue weighted by atomic mass is 10.2. The maximum atomic E-state index is 5.43. The molecule has 0 bridgehead atoms. The van der Waals surface area contributed by atoms with E-state index in [4.69, 9.17) is 9.72 Å². The van der Waals surface area contributed by atoms with E-state index in [1.807, 2.05) is 36.4 Å². The SMILES string of the molecule is CC(C)Nc1cc(N2CCOCC2)nc(-c2ccccc2)n1. The molecule has 116 valence electrons. The smallest absolute Gasteiger partial charge is 0.163 e. The fourth-order valence-corrected chi connectivity index (χ4v) is 2.47. The highest BCUT2D eigenvalue weighted by molar-refractivity contribution is 5.62. The van der Waals surface area contributed by atoms with E-state index < -0.39 is 0 Å². The van der Waals surface area contributed by atoms with Crippen LogP contribution < -0.4 is 10.2 Å². The normalized spacial score (nSPS) is 15.1. The monoisotopic (exact) mass is 298 g/mol. The van der Waals surface area contributed by atoms with Gasteiger partial charge in [-0.15, -0.1) is 0 Å². The molecule has 5 nitrogen and oxygen atoms in total. The molecule has 1 aliphatic rings. The van der Waals surface area contributed by atoms with Crippen LogP contribution >= 0.6 is 0 Å². The molecule has 0 amide bonds. The van der Waals surface area contributed by atoms with Crippen LogP contribution in [0.2, 0.25) is 0 Å². The summed E-state index contributed by atoms with van der Waals surface area (Å²) < 4.78 is 5.43. The Hall–Kier alpha value is -2.14. The Balaban J connectivity index is 1.97. The minimum atomic E-state index is 0.330. The molecule has 0 unspecified atom stereocenters. The van der Waals surface area contributed by atoms with Crippen molar-refractivity contribution in [1.82, 2.24) is 9.97 Å². The van der Waals surface area contributed by atoms with Gasteiger partial charge in [0.25, 0.3) is 0 Å². The fraction of sp³-hybridized carbons (Fsp3) is 0.412. The molecule has 0 saturated carbocycles. The summed E-state index contributed by atoms with van der Waals surface area (Å²) in [5.41, 5.74) is 1.03. The van der Waals surface area contributed by atoms with Gasteiger partial charge in [-0.05, 0) is 13.8 Å². The van der Waals surface area contributed by atoms with Crippen LogP contribution in [0.15, 0.2) is 36.4 Å². The number of aromatic nitrogens is 2. The summed E-state index contributed by atoms with van der Waals surface area (Å²) in [6.45, 7) is 7.45. The Morgan fingerprint density at radius 3 is 2.50 bits per heavy atom. The number of morpholine rings is 1. The molecule has 1 aromatic carbocycles. The van der Waals surface area contributed by atoms with Crippen molar-refractivity contribution >= 4 is 11.6 Å². The first-order valence-electron chi connectivity index (χ1n) is 7.76. The van der Waals surface area contributed by atoms with Gasteiger partial charge in [-0.25, -0.2) is 9.97 Å². The zero-order valence-electron chi connectivity index (χ0n) is 13.1. The minimum Gasteiger partial charge on any atom is -0.378 e. The van der Waals surface area contributed by atoms with Crippen molar-refractivity contribution in [1.29, 1.82) is 0 Å². The molecule has 3 rings (SSSR count). The number of rotatable bonds is 4. The van der Waals surface area contributed by atoms with Gasteiger partial charge < -0.3 is 15.0 Å². The van der Waals surface area contributed by atoms with Gasteiger partial charge in [0.15, 0.2) is 5.82 Å². The molecule has 1 aromatic heterocycles. The van der Waals surface area contributed by atoms with Gasteiger partial charge in [0.2, 0.25) is 0 Å². The highest BCUT2D eigenvalue weighted by Gasteiger charge is 2.15. The van der Waals surface area contributed by atoms with Crippen LogP contribution in [0.5, 0.6) is 0 Å². The predicted octanol–water partition coefficient (Wildman–Crippen LogP) is 2.80. The summed E-state index contributed by atoms with van der Waals surface area (Å²) in [5, 5.41) is 3.39. The molecule has 2 heterocycles. The average Bonchev–Trinajstić information content (AvgIpc) is 2.55. The maximum Gasteiger partial charge on any atom is 0.163 e. The van der Waals surface area contributed by atoms with Crippen LogP contribution in [0.25, 0.3) is 11.4 Å². The van der Waals surface area contributed by atoms with Crippen LogP contribution in [-0.2, 0) is 4.74 Å². The van der Waals surface area contributed by atoms with Crippen molar-refractivity contribution in [3.05, 3.63) is 36.4 Å². The number of nitrogens with one attached hydrogen (secondary N) is 1. The Labute approximate surface area is 131 Å². The maximum absolute atomic E-state index is 5.43. The zero-order chi connectivity index (χ0) is 15.4. The van der Waals surface area contributed by atoms with Gasteiger partial charge in [-0.2, -0.15) is 0 Å². The second-order valence-electron chi connectivity index (χ2n) is 5.70. The van der Waals surface area contributed by atoms with E-state index in [0.717, 1.165) is 49.3 Å². The van der Waals surface area contributed by atoms with Gasteiger partial charge in [-0.3, -0.25) is 0 Å². The summed E-state index contributed by atoms with van der Waals surface area (Å²) in [7, 11) is 0. The number of hydrogen-bond acceptors (Lipinski definition) is 5. The molecule has 1 saturated heterocycles. The first kappa shape index (κ1) is 14.8. The molecule has 1 aliphatic heterocycles. The summed E-state index contributed by atoms with van der Waals surface area (Å²) in [6.07, 6.45) is 0. The van der Waals surface area contributed by atoms with E-state index in [9.17, 15) is 0 Å². The van der Waals surface area contributed by atoms with E-state index in [1.54, 1.807) is 0 Å². The van der Waals surface area contributed by atoms with Gasteiger partial charge in [0.05, 0.1) is 13.2 Å². The molecule has 0 radical (unpaired) electrons. The molecule has 1 N–H and O–H groups in total. The van der Waals surface area contributed by atoms with Crippen molar-refractivity contribution in [3.8, 4) is 11.4 Å². The molecule has 2 aromatic rings. The summed E-state index contributed by atoms with van der Waals surface area (Å²) >= 11 is 0. The second-order valence-corrected chi connectivity index (χ2v) is 5.70. The van der Waals surface area contributed by atoms with E-state index >= 15 is 0 Å². The molecule has 5 heteroatoms. The van der Waals surface area contributed by atoms with Crippen LogP contribution in [-0.4, -0.2) is 42.3 Å². The second kappa shape index (κ2) is 6.75. The number of anilines is 2. The first-order chi connectivity index (χ1) is 10.7. The van der Waals surface area contributed by atoms with Crippen LogP contribution in [0.1, 0.15) is 13.8 Å². The number of hydrogen-bond donors (Lipinski definition) is 1. The van der Waals surface area contributed by atoms with Gasteiger partial charge in [-0.1, -0.05) is 30.3 Å². The molecule has 1 fully saturated rings. The minimum absolute atomic E-state index is 0.330. The third-order valence-corrected chi connectivity index (χ3v) is 3.52. The third kappa shape index (κ3) is 3.54. The third-order valence-electron chi connectivity index (χ3n) is 3.52. The van der Waals surface area contributed by atoms with Crippen LogP contribution in [0, 0.1) is 0 Å². The van der Waals surface area contributed by atoms with Crippen molar-refractivity contribution < 1.29 is 4.74 Å². The van der Waals surface area contributed by atoms with E-state index in [0.29, 0.717) is 6.04 Å². The van der Waals surface area contributed by atoms with E-state index in [1.165, 1.54) is 0 Å². The predicted molar refractivity (Wildman–Crippen MR) is 89.3 cm³/mol. The van der Waals surface area contributed by atoms with Crippen molar-refractivity contribution in [2.24, 2.45) is 0 Å². The first-order valence-corrected chi connectivity index (χ1v) is 7.76. The molecular weight excluding hydrogens is 276 g/mol. The lowest BCUT2D eigenvalue weighted by Gasteiger charge is -2.28. The fourth-order valence-electron chi connectivity index (χ4n) is 2.47. The van der Waals surface area contributed by atoms with Gasteiger partial charge in [0, 0.05) is 30.8 Å². The zero-order valence-corrected chi connectivity index (χ0v) is 13.1. The average molecular weight is 298 g/mol. The lowest BCUT2D eigenvalue weighted by molar-refractivity contribution is 0.122. The van der Waals surface area contributed by atoms with Gasteiger partial charge in [0.1, 0.15) is 11.6 Å². The molecule has 22 heavy (non-hydrogen) atoms. The highest BCUT2D eigenvalue weighted by atomic mass is 16.5. The molecular formula is C17H22N4O. The standard InChI is InChI=1S/C17H22N4O/c1-13(2)18-15-12-16(21-8-10-22-11-9-21)20-17(19-15)14-6-4-3-5-7-14/h3-7,12-13H,8-11H2,1-2H3,(H,18,19,20). The quantitative estimate of drug-likeness (QED) is 0.940. The van der Waals surface area contributed by atoms with Crippen molar-refractivity contribution in [2.45, 2.75) is 19.9 Å².